The summed E-state index contributed by atoms with van der Waals surface area (Å²) in [4.78, 5) is 53.0. The number of esters is 2. The number of hydrogen-bond donors (Lipinski definition) is 0. The smallest absolute Gasteiger partial charge is 0.338 e. The van der Waals surface area contributed by atoms with Crippen molar-refractivity contribution in [3.8, 4) is 0 Å². The lowest BCUT2D eigenvalue weighted by Crippen LogP contribution is -2.65. The summed E-state index contributed by atoms with van der Waals surface area (Å²) in [5.41, 5.74) is 1.06. The van der Waals surface area contributed by atoms with Crippen LogP contribution in [0, 0.1) is 70.5 Å². The topological polar surface area (TPSA) is 148 Å². The molecule has 0 amide bonds. The molecule has 4 fully saturated rings. The van der Waals surface area contributed by atoms with Crippen molar-refractivity contribution in [1.82, 2.24) is 0 Å². The summed E-state index contributed by atoms with van der Waals surface area (Å²) >= 11 is 0. The van der Waals surface area contributed by atoms with Gasteiger partial charge in [-0.1, -0.05) is 60.1 Å². The number of nitrogens with zero attached hydrogens (tertiary/aromatic N) is 2. The molecule has 0 aliphatic heterocycles. The van der Waals surface area contributed by atoms with E-state index in [0.717, 1.165) is 64.2 Å². The molecule has 0 saturated heterocycles. The Bertz CT molecular complexity index is 1620. The number of carbonyl (C=O) groups is 2. The fourth-order valence-corrected chi connectivity index (χ4v) is 12.4. The van der Waals surface area contributed by atoms with Gasteiger partial charge in [-0.05, 0) is 129 Å². The highest BCUT2D eigenvalue weighted by Crippen LogP contribution is 2.76. The van der Waals surface area contributed by atoms with Crippen LogP contribution >= 0.6 is 0 Å². The molecular weight excluding hydrogens is 664 g/mol. The molecule has 1 aromatic rings. The van der Waals surface area contributed by atoms with Crippen molar-refractivity contribution in [3.05, 3.63) is 61.7 Å². The summed E-state index contributed by atoms with van der Waals surface area (Å²) in [6.07, 6.45) is 12.6. The standard InChI is InChI=1S/C41H58N2O9/c1-36(2)20-22-41(35(45)50-24-8-9-25-51-43(48)49)23-21-39(6)29(30(41)26-36)14-15-32-38(5)18-17-33(37(3,4)31(38)16-19-40(32,39)7)52-34(44)27-10-12-28(13-11-27)42(46)47/h10-14,30-33H,8-9,15-26H2,1-7H3/t30-,31-,32+,33-,38-,39+,40+,41-/m0/s1. The van der Waals surface area contributed by atoms with Crippen molar-refractivity contribution < 1.29 is 33.9 Å². The first-order chi connectivity index (χ1) is 24.3. The molecule has 8 atom stereocenters. The number of ether oxygens (including phenoxy) is 2. The number of nitro benzene ring substituents is 1. The molecule has 5 aliphatic carbocycles. The molecule has 0 bridgehead atoms. The summed E-state index contributed by atoms with van der Waals surface area (Å²) in [6, 6.07) is 5.65. The van der Waals surface area contributed by atoms with E-state index in [1.165, 1.54) is 29.8 Å². The SMILES string of the molecule is CC1(C)CC[C@]2(C(=O)OCCCCO[N+](=O)[O-])CC[C@]3(C)C(=CC[C@@H]4[C@@]5(C)CC[C@H](OC(=O)c6ccc([N+](=O)[O-])cc6)C(C)(C)[C@@H]5CC[C@]43C)[C@@H]2C1. The Labute approximate surface area is 307 Å². The highest BCUT2D eigenvalue weighted by atomic mass is 16.9. The summed E-state index contributed by atoms with van der Waals surface area (Å²) < 4.78 is 12.2. The molecule has 6 rings (SSSR count). The quantitative estimate of drug-likeness (QED) is 0.0757. The summed E-state index contributed by atoms with van der Waals surface area (Å²) in [5, 5.41) is 20.8. The molecule has 5 aliphatic rings. The van der Waals surface area contributed by atoms with Gasteiger partial charge in [-0.2, -0.15) is 0 Å². The number of allylic oxidation sites excluding steroid dienone is 2. The third kappa shape index (κ3) is 6.21. The zero-order chi connectivity index (χ0) is 37.9. The molecule has 0 heterocycles. The molecule has 4 saturated carbocycles. The average Bonchev–Trinajstić information content (AvgIpc) is 3.07. The van der Waals surface area contributed by atoms with Gasteiger partial charge < -0.3 is 14.3 Å². The molecule has 11 nitrogen and oxygen atoms in total. The van der Waals surface area contributed by atoms with E-state index in [4.69, 9.17) is 9.47 Å². The second-order valence-corrected chi connectivity index (χ2v) is 18.8. The largest absolute Gasteiger partial charge is 0.465 e. The Balaban J connectivity index is 1.22. The number of hydrogen-bond acceptors (Lipinski definition) is 9. The van der Waals surface area contributed by atoms with E-state index in [0.29, 0.717) is 30.2 Å². The van der Waals surface area contributed by atoms with E-state index < -0.39 is 21.4 Å². The summed E-state index contributed by atoms with van der Waals surface area (Å²) in [6.45, 7) is 16.9. The predicted molar refractivity (Wildman–Crippen MR) is 194 cm³/mol. The van der Waals surface area contributed by atoms with Crippen molar-refractivity contribution in [2.75, 3.05) is 13.2 Å². The highest BCUT2D eigenvalue weighted by Gasteiger charge is 2.69. The lowest BCUT2D eigenvalue weighted by molar-refractivity contribution is -0.757. The molecule has 0 N–H and O–H groups in total. The van der Waals surface area contributed by atoms with Crippen molar-refractivity contribution >= 4 is 17.6 Å². The van der Waals surface area contributed by atoms with Crippen LogP contribution in [0.2, 0.25) is 0 Å². The second-order valence-electron chi connectivity index (χ2n) is 18.8. The van der Waals surface area contributed by atoms with Crippen molar-refractivity contribution in [1.29, 1.82) is 0 Å². The van der Waals surface area contributed by atoms with Gasteiger partial charge in [0, 0.05) is 17.5 Å². The van der Waals surface area contributed by atoms with Crippen molar-refractivity contribution in [2.45, 2.75) is 132 Å². The van der Waals surface area contributed by atoms with Gasteiger partial charge in [-0.3, -0.25) is 14.9 Å². The summed E-state index contributed by atoms with van der Waals surface area (Å²) in [5.74, 6) is 0.378. The van der Waals surface area contributed by atoms with Crippen LogP contribution < -0.4 is 0 Å². The Kier molecular flexibility index (Phi) is 9.86. The fraction of sp³-hybridized carbons (Fsp3) is 0.756. The van der Waals surface area contributed by atoms with Crippen molar-refractivity contribution in [3.63, 3.8) is 0 Å². The van der Waals surface area contributed by atoms with E-state index in [-0.39, 0.29) is 64.0 Å². The zero-order valence-corrected chi connectivity index (χ0v) is 32.2. The molecule has 0 aromatic heterocycles. The molecule has 0 radical (unpaired) electrons. The first-order valence-electron chi connectivity index (χ1n) is 19.4. The van der Waals surface area contributed by atoms with Crippen LogP contribution in [0.1, 0.15) is 136 Å². The van der Waals surface area contributed by atoms with Crippen LogP contribution in [-0.2, 0) is 19.1 Å². The van der Waals surface area contributed by atoms with E-state index in [1.54, 1.807) is 0 Å². The Morgan fingerprint density at radius 1 is 0.827 bits per heavy atom. The monoisotopic (exact) mass is 722 g/mol. The fourth-order valence-electron chi connectivity index (χ4n) is 12.4. The number of non-ortho nitro benzene ring substituents is 1. The third-order valence-electron chi connectivity index (χ3n) is 15.5. The van der Waals surface area contributed by atoms with Crippen LogP contribution in [0.15, 0.2) is 35.9 Å². The molecule has 286 valence electrons. The van der Waals surface area contributed by atoms with Gasteiger partial charge in [0.25, 0.3) is 10.8 Å². The van der Waals surface area contributed by atoms with Gasteiger partial charge in [0.05, 0.1) is 29.1 Å². The first kappa shape index (κ1) is 38.2. The number of benzene rings is 1. The van der Waals surface area contributed by atoms with Gasteiger partial charge in [-0.15, -0.1) is 10.1 Å². The van der Waals surface area contributed by atoms with Crippen LogP contribution in [0.4, 0.5) is 5.69 Å². The number of fused-ring (bicyclic) bond motifs is 7. The van der Waals surface area contributed by atoms with E-state index in [2.05, 4.69) is 59.4 Å². The van der Waals surface area contributed by atoms with Crippen LogP contribution in [0.25, 0.3) is 0 Å². The third-order valence-corrected chi connectivity index (χ3v) is 15.5. The first-order valence-corrected chi connectivity index (χ1v) is 19.4. The maximum absolute atomic E-state index is 14.1. The Morgan fingerprint density at radius 3 is 2.17 bits per heavy atom. The van der Waals surface area contributed by atoms with Gasteiger partial charge in [0.2, 0.25) is 0 Å². The molecule has 0 unspecified atom stereocenters. The maximum Gasteiger partial charge on any atom is 0.338 e. The van der Waals surface area contributed by atoms with E-state index in [1.807, 2.05) is 0 Å². The molecule has 1 aromatic carbocycles. The predicted octanol–water partition coefficient (Wildman–Crippen LogP) is 9.45. The average molecular weight is 723 g/mol. The number of carbonyl (C=O) groups excluding carboxylic acids is 2. The number of nitro groups is 1. The minimum atomic E-state index is -0.788. The van der Waals surface area contributed by atoms with Gasteiger partial charge in [0.15, 0.2) is 0 Å². The molecular formula is C41H58N2O9. The highest BCUT2D eigenvalue weighted by molar-refractivity contribution is 5.89. The minimum Gasteiger partial charge on any atom is -0.465 e. The van der Waals surface area contributed by atoms with Crippen LogP contribution in [0.3, 0.4) is 0 Å². The normalized spacial score (nSPS) is 37.1. The lowest BCUT2D eigenvalue weighted by Gasteiger charge is -2.71. The van der Waals surface area contributed by atoms with E-state index >= 15 is 0 Å². The van der Waals surface area contributed by atoms with Gasteiger partial charge >= 0.3 is 11.9 Å². The maximum atomic E-state index is 14.1. The van der Waals surface area contributed by atoms with Crippen molar-refractivity contribution in [2.24, 2.45) is 50.2 Å². The lowest BCUT2D eigenvalue weighted by atomic mass is 9.33. The summed E-state index contributed by atoms with van der Waals surface area (Å²) in [7, 11) is 0. The zero-order valence-electron chi connectivity index (χ0n) is 32.2. The van der Waals surface area contributed by atoms with Crippen LogP contribution in [0.5, 0.6) is 0 Å². The minimum absolute atomic E-state index is 0.00242. The number of rotatable bonds is 10. The number of unbranched alkanes of at least 4 members (excludes halogenated alkanes) is 1. The Morgan fingerprint density at radius 2 is 1.50 bits per heavy atom. The molecule has 0 spiro atoms. The van der Waals surface area contributed by atoms with Gasteiger partial charge in [0.1, 0.15) is 6.10 Å². The van der Waals surface area contributed by atoms with E-state index in [9.17, 15) is 29.8 Å². The molecule has 52 heavy (non-hydrogen) atoms. The van der Waals surface area contributed by atoms with Gasteiger partial charge in [-0.25, -0.2) is 4.79 Å². The second kappa shape index (κ2) is 13.4. The molecule has 11 heteroatoms. The Hall–Kier alpha value is -3.50. The van der Waals surface area contributed by atoms with Crippen LogP contribution in [-0.4, -0.2) is 41.3 Å².